The highest BCUT2D eigenvalue weighted by Gasteiger charge is 2.18. The number of carboxylic acid groups (broad SMARTS) is 1. The van der Waals surface area contributed by atoms with E-state index in [1.54, 1.807) is 48.8 Å². The van der Waals surface area contributed by atoms with Gasteiger partial charge >= 0.3 is 11.9 Å². The van der Waals surface area contributed by atoms with Gasteiger partial charge in [0.1, 0.15) is 24.7 Å². The summed E-state index contributed by atoms with van der Waals surface area (Å²) in [4.78, 5) is 31.1. The third-order valence-corrected chi connectivity index (χ3v) is 10.3. The number of aryl methyl sites for hydroxylation is 2. The Morgan fingerprint density at radius 1 is 0.639 bits per heavy atom. The summed E-state index contributed by atoms with van der Waals surface area (Å²) >= 11 is 0. The summed E-state index contributed by atoms with van der Waals surface area (Å²) in [5, 5.41) is 29.7. The molecule has 0 saturated carbocycles. The topological polar surface area (TPSA) is 165 Å². The zero-order chi connectivity index (χ0) is 42.9. The minimum atomic E-state index is -0.964. The molecular formula is C49H40N6O6. The van der Waals surface area contributed by atoms with E-state index < -0.39 is 5.97 Å². The highest BCUT2D eigenvalue weighted by Crippen LogP contribution is 2.35. The number of aromatic nitrogens is 4. The second kappa shape index (κ2) is 18.6. The van der Waals surface area contributed by atoms with E-state index >= 15 is 0 Å². The van der Waals surface area contributed by atoms with E-state index in [0.29, 0.717) is 54.5 Å². The maximum Gasteiger partial charge on any atom is 0.337 e. The van der Waals surface area contributed by atoms with Gasteiger partial charge < -0.3 is 28.5 Å². The molecule has 0 amide bonds. The van der Waals surface area contributed by atoms with E-state index in [1.165, 1.54) is 19.2 Å². The number of carbonyl (C=O) groups excluding carboxylic acids is 1. The molecule has 61 heavy (non-hydrogen) atoms. The molecular weight excluding hydrogens is 769 g/mol. The number of ether oxygens (including phenoxy) is 3. The number of aromatic carboxylic acids is 1. The molecule has 302 valence electrons. The number of nitriles is 2. The molecule has 0 atom stereocenters. The van der Waals surface area contributed by atoms with Gasteiger partial charge in [0, 0.05) is 57.7 Å². The first kappa shape index (κ1) is 41.0. The molecule has 4 aromatic carbocycles. The summed E-state index contributed by atoms with van der Waals surface area (Å²) in [6.07, 6.45) is 7.16. The summed E-state index contributed by atoms with van der Waals surface area (Å²) in [5.41, 5.74) is 10.3. The van der Waals surface area contributed by atoms with E-state index in [4.69, 9.17) is 19.3 Å². The normalized spacial score (nSPS) is 10.6. The molecule has 8 aromatic rings. The minimum absolute atomic E-state index is 0.224. The second-order valence-corrected chi connectivity index (χ2v) is 14.0. The highest BCUT2D eigenvalue weighted by molar-refractivity contribution is 5.94. The quantitative estimate of drug-likeness (QED) is 0.118. The van der Waals surface area contributed by atoms with Gasteiger partial charge in [-0.25, -0.2) is 9.59 Å². The van der Waals surface area contributed by atoms with Crippen LogP contribution in [-0.2, 0) is 17.8 Å². The van der Waals surface area contributed by atoms with Crippen LogP contribution in [0.3, 0.4) is 0 Å². The number of fused-ring (bicyclic) bond motifs is 2. The Morgan fingerprint density at radius 2 is 1.08 bits per heavy atom. The van der Waals surface area contributed by atoms with Crippen LogP contribution >= 0.6 is 0 Å². The number of carboxylic acids is 1. The average Bonchev–Trinajstić information content (AvgIpc) is 3.74. The lowest BCUT2D eigenvalue weighted by Crippen LogP contribution is -2.10. The molecule has 0 unspecified atom stereocenters. The number of hydrogen-bond acceptors (Lipinski definition) is 9. The number of esters is 1. The lowest BCUT2D eigenvalue weighted by molar-refractivity contribution is 0.0599. The molecule has 0 saturated heterocycles. The molecule has 12 nitrogen and oxygen atoms in total. The molecule has 4 aromatic heterocycles. The number of rotatable bonds is 12. The Labute approximate surface area is 352 Å². The standard InChI is InChI=1S/C25H21N3O3.C24H19N3O3/c1-17-22-14-18(15-26)5-10-23(22)28(24(17)20-4-3-11-27-16-20)12-13-31-21-8-6-19(7-9-21)25(29)30-2;1-16-21-13-17(14-25)4-9-22(21)27(23(16)19-3-2-10-26-15-19)11-12-30-20-7-5-18(6-8-20)24(28)29/h3-11,14,16H,12-13H2,1-2H3;2-10,13,15H,11-12H2,1H3,(H,28,29). The van der Waals surface area contributed by atoms with Gasteiger partial charge in [-0.05, 0) is 134 Å². The number of hydrogen-bond donors (Lipinski definition) is 1. The van der Waals surface area contributed by atoms with Crippen LogP contribution in [0.2, 0.25) is 0 Å². The summed E-state index contributed by atoms with van der Waals surface area (Å²) in [5.74, 6) is -0.0502. The zero-order valence-corrected chi connectivity index (χ0v) is 33.7. The van der Waals surface area contributed by atoms with Gasteiger partial charge in [-0.1, -0.05) is 0 Å². The molecule has 4 heterocycles. The van der Waals surface area contributed by atoms with Gasteiger partial charge in [0.15, 0.2) is 0 Å². The molecule has 0 aliphatic heterocycles. The fourth-order valence-corrected chi connectivity index (χ4v) is 7.41. The van der Waals surface area contributed by atoms with Crippen LogP contribution in [0.4, 0.5) is 0 Å². The van der Waals surface area contributed by atoms with Crippen molar-refractivity contribution in [2.45, 2.75) is 26.9 Å². The second-order valence-electron chi connectivity index (χ2n) is 14.0. The fraction of sp³-hybridized carbons (Fsp3) is 0.143. The Hall–Kier alpha value is -8.22. The van der Waals surface area contributed by atoms with Crippen molar-refractivity contribution in [1.82, 2.24) is 19.1 Å². The van der Waals surface area contributed by atoms with E-state index in [9.17, 15) is 20.1 Å². The lowest BCUT2D eigenvalue weighted by Gasteiger charge is -2.13. The molecule has 0 bridgehead atoms. The van der Waals surface area contributed by atoms with Crippen LogP contribution in [0.15, 0.2) is 134 Å². The van der Waals surface area contributed by atoms with E-state index in [0.717, 1.165) is 55.4 Å². The minimum Gasteiger partial charge on any atom is -0.492 e. The van der Waals surface area contributed by atoms with E-state index in [2.05, 4.69) is 38.2 Å². The van der Waals surface area contributed by atoms with Gasteiger partial charge in [0.25, 0.3) is 0 Å². The third kappa shape index (κ3) is 8.94. The maximum absolute atomic E-state index is 11.6. The predicted molar refractivity (Wildman–Crippen MR) is 231 cm³/mol. The molecule has 8 rings (SSSR count). The van der Waals surface area contributed by atoms with Crippen molar-refractivity contribution in [3.05, 3.63) is 167 Å². The SMILES string of the molecule is COC(=O)c1ccc(OCCn2c(-c3cccnc3)c(C)c3cc(C#N)ccc32)cc1.Cc1c(-c2cccnc2)n(CCOc2ccc(C(=O)O)cc2)c2ccc(C#N)cc12. The Morgan fingerprint density at radius 3 is 1.46 bits per heavy atom. The Kier molecular flexibility index (Phi) is 12.5. The van der Waals surface area contributed by atoms with Crippen molar-refractivity contribution in [2.24, 2.45) is 0 Å². The van der Waals surface area contributed by atoms with E-state index in [-0.39, 0.29) is 11.5 Å². The number of nitrogens with zero attached hydrogens (tertiary/aromatic N) is 6. The van der Waals surface area contributed by atoms with Gasteiger partial charge in [0.05, 0.1) is 66.0 Å². The monoisotopic (exact) mass is 808 g/mol. The van der Waals surface area contributed by atoms with Gasteiger partial charge in [-0.3, -0.25) is 9.97 Å². The van der Waals surface area contributed by atoms with Crippen LogP contribution in [0.1, 0.15) is 43.0 Å². The van der Waals surface area contributed by atoms with Crippen molar-refractivity contribution in [3.8, 4) is 46.2 Å². The number of pyridine rings is 2. The van der Waals surface area contributed by atoms with Crippen molar-refractivity contribution in [1.29, 1.82) is 10.5 Å². The summed E-state index contributed by atoms with van der Waals surface area (Å²) in [6.45, 7) is 6.15. The van der Waals surface area contributed by atoms with E-state index in [1.807, 2.05) is 80.0 Å². The Bertz CT molecular complexity index is 2930. The average molecular weight is 809 g/mol. The van der Waals surface area contributed by atoms with Crippen molar-refractivity contribution in [2.75, 3.05) is 20.3 Å². The fourth-order valence-electron chi connectivity index (χ4n) is 7.41. The molecule has 0 aliphatic rings. The predicted octanol–water partition coefficient (Wildman–Crippen LogP) is 9.41. The summed E-state index contributed by atoms with van der Waals surface area (Å²) in [7, 11) is 1.36. The Balaban J connectivity index is 0.000000184. The van der Waals surface area contributed by atoms with Gasteiger partial charge in [-0.2, -0.15) is 10.5 Å². The maximum atomic E-state index is 11.6. The van der Waals surface area contributed by atoms with Crippen LogP contribution in [0.5, 0.6) is 11.5 Å². The molecule has 0 radical (unpaired) electrons. The van der Waals surface area contributed by atoms with Crippen LogP contribution in [0.25, 0.3) is 44.3 Å². The largest absolute Gasteiger partial charge is 0.492 e. The molecule has 12 heteroatoms. The number of benzene rings is 4. The third-order valence-electron chi connectivity index (χ3n) is 10.3. The molecule has 0 aliphatic carbocycles. The van der Waals surface area contributed by atoms with Crippen LogP contribution in [-0.4, -0.2) is 56.5 Å². The zero-order valence-electron chi connectivity index (χ0n) is 33.7. The first-order valence-corrected chi connectivity index (χ1v) is 19.3. The van der Waals surface area contributed by atoms with Crippen molar-refractivity contribution >= 4 is 33.7 Å². The van der Waals surface area contributed by atoms with Crippen molar-refractivity contribution < 1.29 is 28.9 Å². The lowest BCUT2D eigenvalue weighted by atomic mass is 10.1. The smallest absolute Gasteiger partial charge is 0.337 e. The van der Waals surface area contributed by atoms with Crippen LogP contribution < -0.4 is 9.47 Å². The summed E-state index contributed by atoms with van der Waals surface area (Å²) < 4.78 is 20.9. The highest BCUT2D eigenvalue weighted by atomic mass is 16.5. The first-order valence-electron chi connectivity index (χ1n) is 19.3. The first-order chi connectivity index (χ1) is 29.7. The van der Waals surface area contributed by atoms with Gasteiger partial charge in [-0.15, -0.1) is 0 Å². The summed E-state index contributed by atoms with van der Waals surface area (Å²) in [6, 6.07) is 36.9. The molecule has 1 N–H and O–H groups in total. The van der Waals surface area contributed by atoms with Crippen molar-refractivity contribution in [3.63, 3.8) is 0 Å². The van der Waals surface area contributed by atoms with Gasteiger partial charge in [0.2, 0.25) is 0 Å². The molecule has 0 fully saturated rings. The van der Waals surface area contributed by atoms with Crippen LogP contribution in [0, 0.1) is 36.5 Å². The molecule has 0 spiro atoms. The number of methoxy groups -OCH3 is 1. The number of carbonyl (C=O) groups is 2.